The van der Waals surface area contributed by atoms with Gasteiger partial charge >= 0.3 is 6.61 Å². The maximum absolute atomic E-state index is 12.7. The van der Waals surface area contributed by atoms with Crippen LogP contribution in [0.15, 0.2) is 23.1 Å². The van der Waals surface area contributed by atoms with Gasteiger partial charge in [-0.3, -0.25) is 0 Å². The van der Waals surface area contributed by atoms with E-state index in [9.17, 15) is 13.2 Å². The molecule has 5 heteroatoms. The molecule has 0 atom stereocenters. The molecule has 0 amide bonds. The molecule has 0 aliphatic rings. The van der Waals surface area contributed by atoms with Gasteiger partial charge in [-0.05, 0) is 12.1 Å². The highest BCUT2D eigenvalue weighted by atomic mass is 32.1. The molecule has 0 saturated carbocycles. The molecular formula is C7H5F3OS. The van der Waals surface area contributed by atoms with Crippen LogP contribution in [0.2, 0.25) is 0 Å². The lowest BCUT2D eigenvalue weighted by molar-refractivity contribution is -0.0540. The summed E-state index contributed by atoms with van der Waals surface area (Å²) in [4.78, 5) is 0.0512. The molecule has 0 radical (unpaired) electrons. The second-order valence-electron chi connectivity index (χ2n) is 1.97. The predicted octanol–water partition coefficient (Wildman–Crippen LogP) is 2.72. The Morgan fingerprint density at radius 3 is 2.50 bits per heavy atom. The maximum atomic E-state index is 12.7. The van der Waals surface area contributed by atoms with Gasteiger partial charge in [-0.2, -0.15) is 8.78 Å². The summed E-state index contributed by atoms with van der Waals surface area (Å²) in [6.07, 6.45) is 0. The Bertz CT molecular complexity index is 257. The van der Waals surface area contributed by atoms with Gasteiger partial charge in [0.2, 0.25) is 0 Å². The lowest BCUT2D eigenvalue weighted by atomic mass is 10.3. The third-order valence-corrected chi connectivity index (χ3v) is 1.51. The van der Waals surface area contributed by atoms with Gasteiger partial charge in [0.15, 0.2) is 11.6 Å². The number of para-hydroxylation sites is 1. The fraction of sp³-hybridized carbons (Fsp3) is 0.143. The number of hydrogen-bond donors (Lipinski definition) is 1. The van der Waals surface area contributed by atoms with Crippen molar-refractivity contribution in [3.63, 3.8) is 0 Å². The normalized spacial score (nSPS) is 10.4. The number of ether oxygens (including phenoxy) is 1. The smallest absolute Gasteiger partial charge is 0.387 e. The van der Waals surface area contributed by atoms with Crippen molar-refractivity contribution in [1.82, 2.24) is 0 Å². The van der Waals surface area contributed by atoms with E-state index in [1.807, 2.05) is 0 Å². The van der Waals surface area contributed by atoms with Crippen LogP contribution >= 0.6 is 12.6 Å². The van der Waals surface area contributed by atoms with E-state index in [1.165, 1.54) is 12.1 Å². The Labute approximate surface area is 72.6 Å². The Morgan fingerprint density at radius 1 is 1.33 bits per heavy atom. The average molecular weight is 194 g/mol. The van der Waals surface area contributed by atoms with Crippen LogP contribution < -0.4 is 4.74 Å². The van der Waals surface area contributed by atoms with E-state index in [0.29, 0.717) is 0 Å². The standard InChI is InChI=1S/C7H5F3OS/c8-4-2-1-3-5(12)6(4)11-7(9)10/h1-3,7,12H. The van der Waals surface area contributed by atoms with Crippen molar-refractivity contribution in [3.05, 3.63) is 24.0 Å². The van der Waals surface area contributed by atoms with E-state index in [-0.39, 0.29) is 4.90 Å². The molecule has 0 heterocycles. The van der Waals surface area contributed by atoms with Gasteiger partial charge in [-0.25, -0.2) is 4.39 Å². The number of halogens is 3. The summed E-state index contributed by atoms with van der Waals surface area (Å²) in [6, 6.07) is 3.75. The number of benzene rings is 1. The highest BCUT2D eigenvalue weighted by Gasteiger charge is 2.11. The van der Waals surface area contributed by atoms with E-state index in [4.69, 9.17) is 0 Å². The topological polar surface area (TPSA) is 9.23 Å². The van der Waals surface area contributed by atoms with Crippen LogP contribution in [-0.2, 0) is 0 Å². The predicted molar refractivity (Wildman–Crippen MR) is 40.3 cm³/mol. The molecule has 66 valence electrons. The zero-order valence-electron chi connectivity index (χ0n) is 5.80. The van der Waals surface area contributed by atoms with Crippen molar-refractivity contribution in [2.24, 2.45) is 0 Å². The molecule has 0 saturated heterocycles. The summed E-state index contributed by atoms with van der Waals surface area (Å²) in [6.45, 7) is -3.03. The van der Waals surface area contributed by atoms with E-state index in [2.05, 4.69) is 17.4 Å². The molecule has 1 nitrogen and oxygen atoms in total. The Kier molecular flexibility index (Phi) is 2.86. The maximum Gasteiger partial charge on any atom is 0.387 e. The third kappa shape index (κ3) is 2.07. The average Bonchev–Trinajstić information content (AvgIpc) is 1.97. The van der Waals surface area contributed by atoms with Crippen LogP contribution in [0.4, 0.5) is 13.2 Å². The minimum atomic E-state index is -3.03. The van der Waals surface area contributed by atoms with Crippen LogP contribution in [0.5, 0.6) is 5.75 Å². The second-order valence-corrected chi connectivity index (χ2v) is 2.45. The fourth-order valence-electron chi connectivity index (χ4n) is 0.703. The largest absolute Gasteiger partial charge is 0.430 e. The molecule has 0 bridgehead atoms. The molecule has 0 N–H and O–H groups in total. The van der Waals surface area contributed by atoms with Crippen LogP contribution in [0.25, 0.3) is 0 Å². The van der Waals surface area contributed by atoms with Crippen LogP contribution in [-0.4, -0.2) is 6.61 Å². The van der Waals surface area contributed by atoms with Crippen molar-refractivity contribution in [1.29, 1.82) is 0 Å². The molecule has 1 rings (SSSR count). The Hall–Kier alpha value is -0.840. The highest BCUT2D eigenvalue weighted by molar-refractivity contribution is 7.80. The van der Waals surface area contributed by atoms with Crippen LogP contribution in [0.1, 0.15) is 0 Å². The Balaban J connectivity index is 2.96. The minimum absolute atomic E-state index is 0.0512. The third-order valence-electron chi connectivity index (χ3n) is 1.15. The van der Waals surface area contributed by atoms with E-state index < -0.39 is 18.2 Å². The lowest BCUT2D eigenvalue weighted by Crippen LogP contribution is -2.04. The van der Waals surface area contributed by atoms with E-state index >= 15 is 0 Å². The number of alkyl halides is 2. The molecule has 1 aromatic carbocycles. The zero-order valence-corrected chi connectivity index (χ0v) is 6.69. The lowest BCUT2D eigenvalue weighted by Gasteiger charge is -2.06. The number of thiol groups is 1. The van der Waals surface area contributed by atoms with Gasteiger partial charge in [0.1, 0.15) is 0 Å². The summed E-state index contributed by atoms with van der Waals surface area (Å²) in [5.74, 6) is -1.36. The first-order valence-corrected chi connectivity index (χ1v) is 3.48. The molecule has 0 unspecified atom stereocenters. The molecule has 0 aliphatic carbocycles. The fourth-order valence-corrected chi connectivity index (χ4v) is 0.949. The summed E-state index contributed by atoms with van der Waals surface area (Å²) >= 11 is 3.74. The first-order valence-electron chi connectivity index (χ1n) is 3.03. The second kappa shape index (κ2) is 3.71. The first kappa shape index (κ1) is 9.25. The molecule has 0 aliphatic heterocycles. The van der Waals surface area contributed by atoms with Crippen LogP contribution in [0.3, 0.4) is 0 Å². The van der Waals surface area contributed by atoms with E-state index in [1.54, 1.807) is 0 Å². The molecule has 0 spiro atoms. The number of rotatable bonds is 2. The van der Waals surface area contributed by atoms with Crippen LogP contribution in [0, 0.1) is 5.82 Å². The minimum Gasteiger partial charge on any atom is -0.430 e. The van der Waals surface area contributed by atoms with Crippen molar-refractivity contribution < 1.29 is 17.9 Å². The first-order chi connectivity index (χ1) is 5.61. The summed E-state index contributed by atoms with van der Waals surface area (Å²) < 4.78 is 39.9. The van der Waals surface area contributed by atoms with Crippen molar-refractivity contribution in [2.45, 2.75) is 11.5 Å². The van der Waals surface area contributed by atoms with Crippen molar-refractivity contribution in [2.75, 3.05) is 0 Å². The van der Waals surface area contributed by atoms with Gasteiger partial charge < -0.3 is 4.74 Å². The van der Waals surface area contributed by atoms with E-state index in [0.717, 1.165) is 6.07 Å². The van der Waals surface area contributed by atoms with Gasteiger partial charge in [-0.15, -0.1) is 12.6 Å². The SMILES string of the molecule is Fc1cccc(S)c1OC(F)F. The molecule has 12 heavy (non-hydrogen) atoms. The molecular weight excluding hydrogens is 189 g/mol. The van der Waals surface area contributed by atoms with Crippen molar-refractivity contribution >= 4 is 12.6 Å². The highest BCUT2D eigenvalue weighted by Crippen LogP contribution is 2.26. The van der Waals surface area contributed by atoms with Gasteiger partial charge in [0.05, 0.1) is 0 Å². The quantitative estimate of drug-likeness (QED) is 0.712. The van der Waals surface area contributed by atoms with Gasteiger partial charge in [-0.1, -0.05) is 6.07 Å². The summed E-state index contributed by atoms with van der Waals surface area (Å²) in [5.41, 5.74) is 0. The molecule has 1 aromatic rings. The van der Waals surface area contributed by atoms with Crippen molar-refractivity contribution in [3.8, 4) is 5.75 Å². The summed E-state index contributed by atoms with van der Waals surface area (Å²) in [7, 11) is 0. The Morgan fingerprint density at radius 2 is 2.00 bits per heavy atom. The zero-order chi connectivity index (χ0) is 9.14. The monoisotopic (exact) mass is 194 g/mol. The van der Waals surface area contributed by atoms with Gasteiger partial charge in [0.25, 0.3) is 0 Å². The molecule has 0 aromatic heterocycles. The summed E-state index contributed by atoms with van der Waals surface area (Å²) in [5, 5.41) is 0. The molecule has 0 fully saturated rings. The van der Waals surface area contributed by atoms with Gasteiger partial charge in [0, 0.05) is 4.90 Å². The number of hydrogen-bond acceptors (Lipinski definition) is 2.